The summed E-state index contributed by atoms with van der Waals surface area (Å²) in [6, 6.07) is 2.03. The van der Waals surface area contributed by atoms with Crippen LogP contribution >= 0.6 is 11.3 Å². The summed E-state index contributed by atoms with van der Waals surface area (Å²) < 4.78 is 1.65. The average molecular weight is 223 g/mol. The molecule has 0 fully saturated rings. The number of hydrogen-bond acceptors (Lipinski definition) is 4. The maximum Gasteiger partial charge on any atom is 0.0852 e. The molecular weight excluding hydrogens is 210 g/mol. The molecular formula is C10H13N3OS. The quantitative estimate of drug-likeness (QED) is 0.842. The van der Waals surface area contributed by atoms with E-state index in [4.69, 9.17) is 0 Å². The van der Waals surface area contributed by atoms with Gasteiger partial charge in [-0.3, -0.25) is 4.68 Å². The van der Waals surface area contributed by atoms with Crippen LogP contribution in [0.5, 0.6) is 0 Å². The number of aliphatic hydroxyl groups excluding tert-OH is 1. The van der Waals surface area contributed by atoms with E-state index in [9.17, 15) is 5.11 Å². The average Bonchev–Trinajstić information content (AvgIpc) is 2.77. The van der Waals surface area contributed by atoms with Gasteiger partial charge in [0.1, 0.15) is 0 Å². The van der Waals surface area contributed by atoms with Gasteiger partial charge in [-0.15, -0.1) is 5.10 Å². The van der Waals surface area contributed by atoms with Gasteiger partial charge in [0.05, 0.1) is 11.8 Å². The monoisotopic (exact) mass is 223 g/mol. The van der Waals surface area contributed by atoms with E-state index in [-0.39, 0.29) is 6.10 Å². The molecule has 0 saturated heterocycles. The fourth-order valence-electron chi connectivity index (χ4n) is 1.48. The molecule has 0 saturated carbocycles. The van der Waals surface area contributed by atoms with Gasteiger partial charge in [0, 0.05) is 19.7 Å². The van der Waals surface area contributed by atoms with Crippen molar-refractivity contribution in [2.75, 3.05) is 0 Å². The molecule has 2 aromatic heterocycles. The zero-order chi connectivity index (χ0) is 10.7. The molecule has 80 valence electrons. The van der Waals surface area contributed by atoms with Crippen molar-refractivity contribution in [2.45, 2.75) is 18.9 Å². The maximum atomic E-state index is 9.81. The third kappa shape index (κ3) is 2.87. The highest BCUT2D eigenvalue weighted by Gasteiger charge is 2.09. The molecule has 1 atom stereocenters. The molecule has 2 heterocycles. The predicted octanol–water partition coefficient (Wildman–Crippen LogP) is 1.02. The van der Waals surface area contributed by atoms with Crippen LogP contribution in [-0.4, -0.2) is 26.2 Å². The lowest BCUT2D eigenvalue weighted by Gasteiger charge is -2.06. The van der Waals surface area contributed by atoms with Crippen molar-refractivity contribution in [3.8, 4) is 0 Å². The second-order valence-electron chi connectivity index (χ2n) is 3.58. The van der Waals surface area contributed by atoms with Crippen molar-refractivity contribution in [3.63, 3.8) is 0 Å². The zero-order valence-electron chi connectivity index (χ0n) is 8.50. The number of aryl methyl sites for hydroxylation is 1. The summed E-state index contributed by atoms with van der Waals surface area (Å²) in [5.41, 5.74) is 2.01. The molecule has 0 radical (unpaired) electrons. The van der Waals surface area contributed by atoms with Gasteiger partial charge in [-0.1, -0.05) is 5.21 Å². The minimum absolute atomic E-state index is 0.378. The molecule has 4 nitrogen and oxygen atoms in total. The molecule has 2 rings (SSSR count). The summed E-state index contributed by atoms with van der Waals surface area (Å²) in [5, 5.41) is 21.6. The maximum absolute atomic E-state index is 9.81. The highest BCUT2D eigenvalue weighted by molar-refractivity contribution is 7.07. The second-order valence-corrected chi connectivity index (χ2v) is 4.36. The number of aliphatic hydroxyl groups is 1. The molecule has 2 aromatic rings. The first-order valence-electron chi connectivity index (χ1n) is 4.78. The molecule has 0 aliphatic carbocycles. The van der Waals surface area contributed by atoms with Crippen molar-refractivity contribution in [1.82, 2.24) is 15.0 Å². The van der Waals surface area contributed by atoms with Gasteiger partial charge in [-0.2, -0.15) is 11.3 Å². The molecule has 0 bridgehead atoms. The molecule has 1 N–H and O–H groups in total. The fourth-order valence-corrected chi connectivity index (χ4v) is 2.16. The van der Waals surface area contributed by atoms with E-state index in [0.717, 1.165) is 5.69 Å². The van der Waals surface area contributed by atoms with E-state index in [0.29, 0.717) is 12.8 Å². The normalized spacial score (nSPS) is 12.9. The summed E-state index contributed by atoms with van der Waals surface area (Å²) in [7, 11) is 1.82. The fraction of sp³-hybridized carbons (Fsp3) is 0.400. The minimum atomic E-state index is -0.378. The lowest BCUT2D eigenvalue weighted by molar-refractivity contribution is 0.174. The van der Waals surface area contributed by atoms with Crippen LogP contribution < -0.4 is 0 Å². The summed E-state index contributed by atoms with van der Waals surface area (Å²) >= 11 is 1.65. The van der Waals surface area contributed by atoms with Gasteiger partial charge >= 0.3 is 0 Å². The molecule has 0 aliphatic heterocycles. The number of nitrogens with zero attached hydrogens (tertiary/aromatic N) is 3. The van der Waals surface area contributed by atoms with Gasteiger partial charge in [0.25, 0.3) is 0 Å². The van der Waals surface area contributed by atoms with Crippen LogP contribution in [0.1, 0.15) is 11.3 Å². The minimum Gasteiger partial charge on any atom is -0.392 e. The van der Waals surface area contributed by atoms with Crippen LogP contribution in [0.25, 0.3) is 0 Å². The number of rotatable bonds is 4. The van der Waals surface area contributed by atoms with E-state index in [2.05, 4.69) is 15.7 Å². The Hall–Kier alpha value is -1.20. The Kier molecular flexibility index (Phi) is 3.13. The van der Waals surface area contributed by atoms with Crippen LogP contribution in [0.15, 0.2) is 23.0 Å². The van der Waals surface area contributed by atoms with Crippen LogP contribution in [0.3, 0.4) is 0 Å². The third-order valence-corrected chi connectivity index (χ3v) is 2.88. The van der Waals surface area contributed by atoms with E-state index in [1.807, 2.05) is 24.7 Å². The molecule has 5 heteroatoms. The van der Waals surface area contributed by atoms with E-state index in [1.54, 1.807) is 16.0 Å². The lowest BCUT2D eigenvalue weighted by Crippen LogP contribution is -2.13. The first-order chi connectivity index (χ1) is 7.24. The predicted molar refractivity (Wildman–Crippen MR) is 58.7 cm³/mol. The summed E-state index contributed by atoms with van der Waals surface area (Å²) in [5.74, 6) is 0. The van der Waals surface area contributed by atoms with Crippen molar-refractivity contribution in [1.29, 1.82) is 0 Å². The summed E-state index contributed by atoms with van der Waals surface area (Å²) in [6.07, 6.45) is 2.69. The molecule has 15 heavy (non-hydrogen) atoms. The standard InChI is InChI=1S/C10H13N3OS/c1-13-6-9(11-12-13)5-10(14)4-8-2-3-15-7-8/h2-3,6-7,10,14H,4-5H2,1H3. The van der Waals surface area contributed by atoms with Crippen molar-refractivity contribution in [3.05, 3.63) is 34.3 Å². The highest BCUT2D eigenvalue weighted by Crippen LogP contribution is 2.10. The first-order valence-corrected chi connectivity index (χ1v) is 5.72. The molecule has 0 aliphatic rings. The number of hydrogen-bond donors (Lipinski definition) is 1. The SMILES string of the molecule is Cn1cc(CC(O)Cc2ccsc2)nn1. The lowest BCUT2D eigenvalue weighted by atomic mass is 10.1. The second kappa shape index (κ2) is 4.55. The Labute approximate surface area is 92.2 Å². The van der Waals surface area contributed by atoms with Gasteiger partial charge in [0.2, 0.25) is 0 Å². The smallest absolute Gasteiger partial charge is 0.0852 e. The largest absolute Gasteiger partial charge is 0.392 e. The van der Waals surface area contributed by atoms with Gasteiger partial charge in [-0.25, -0.2) is 0 Å². The Morgan fingerprint density at radius 2 is 2.40 bits per heavy atom. The van der Waals surface area contributed by atoms with Crippen LogP contribution in [0.4, 0.5) is 0 Å². The van der Waals surface area contributed by atoms with Gasteiger partial charge < -0.3 is 5.11 Å². The number of aromatic nitrogens is 3. The van der Waals surface area contributed by atoms with E-state index in [1.165, 1.54) is 5.56 Å². The first kappa shape index (κ1) is 10.3. The van der Waals surface area contributed by atoms with Gasteiger partial charge in [0.15, 0.2) is 0 Å². The van der Waals surface area contributed by atoms with Crippen molar-refractivity contribution >= 4 is 11.3 Å². The highest BCUT2D eigenvalue weighted by atomic mass is 32.1. The summed E-state index contributed by atoms with van der Waals surface area (Å²) in [4.78, 5) is 0. The van der Waals surface area contributed by atoms with E-state index < -0.39 is 0 Å². The van der Waals surface area contributed by atoms with Crippen LogP contribution in [0.2, 0.25) is 0 Å². The summed E-state index contributed by atoms with van der Waals surface area (Å²) in [6.45, 7) is 0. The van der Waals surface area contributed by atoms with Crippen molar-refractivity contribution in [2.24, 2.45) is 7.05 Å². The van der Waals surface area contributed by atoms with Crippen LogP contribution in [-0.2, 0) is 19.9 Å². The number of thiophene rings is 1. The Bertz CT molecular complexity index is 410. The van der Waals surface area contributed by atoms with Gasteiger partial charge in [-0.05, 0) is 28.8 Å². The zero-order valence-corrected chi connectivity index (χ0v) is 9.31. The van der Waals surface area contributed by atoms with Crippen molar-refractivity contribution < 1.29 is 5.11 Å². The Morgan fingerprint density at radius 1 is 1.53 bits per heavy atom. The van der Waals surface area contributed by atoms with E-state index >= 15 is 0 Å². The third-order valence-electron chi connectivity index (χ3n) is 2.15. The topological polar surface area (TPSA) is 50.9 Å². The molecule has 1 unspecified atom stereocenters. The van der Waals surface area contributed by atoms with Crippen LogP contribution in [0, 0.1) is 0 Å². The molecule has 0 amide bonds. The Morgan fingerprint density at radius 3 is 3.00 bits per heavy atom. The Balaban J connectivity index is 1.90. The molecule has 0 spiro atoms. The molecule has 0 aromatic carbocycles.